The Hall–Kier alpha value is -1.72. The highest BCUT2D eigenvalue weighted by Gasteiger charge is 2.49. The van der Waals surface area contributed by atoms with Crippen molar-refractivity contribution in [2.24, 2.45) is 0 Å². The molecule has 0 aliphatic carbocycles. The third-order valence-corrected chi connectivity index (χ3v) is 4.92. The standard InChI is InChI=1S/C13H20N4O6S/c1-3-8(4-2)11-14-15-12(22-11)10-6-5-9-7-16(10)13(18)17(9)23-24(19,20)21/h8-10H,3-7H2,1-2H3,(H,19,20,21)/t9-,10+/m1/s1. The Morgan fingerprint density at radius 1 is 1.33 bits per heavy atom. The molecule has 0 saturated carbocycles. The molecular formula is C13H20N4O6S. The number of fused-ring (bicyclic) bond motifs is 2. The Labute approximate surface area is 139 Å². The van der Waals surface area contributed by atoms with Gasteiger partial charge in [0.2, 0.25) is 11.8 Å². The summed E-state index contributed by atoms with van der Waals surface area (Å²) < 4.78 is 40.8. The largest absolute Gasteiger partial charge is 0.423 e. The van der Waals surface area contributed by atoms with E-state index in [1.165, 1.54) is 4.90 Å². The lowest BCUT2D eigenvalue weighted by molar-refractivity contribution is -0.0317. The van der Waals surface area contributed by atoms with E-state index >= 15 is 0 Å². The van der Waals surface area contributed by atoms with Gasteiger partial charge in [0.25, 0.3) is 0 Å². The van der Waals surface area contributed by atoms with Crippen molar-refractivity contribution in [1.29, 1.82) is 0 Å². The summed E-state index contributed by atoms with van der Waals surface area (Å²) in [6, 6.07) is -1.49. The highest BCUT2D eigenvalue weighted by Crippen LogP contribution is 2.38. The van der Waals surface area contributed by atoms with Gasteiger partial charge in [0.1, 0.15) is 6.04 Å². The van der Waals surface area contributed by atoms with Crippen LogP contribution in [0.5, 0.6) is 0 Å². The number of aromatic nitrogens is 2. The number of rotatable bonds is 6. The smallest absolute Gasteiger partial charge is 0.418 e. The highest BCUT2D eigenvalue weighted by atomic mass is 32.3. The maximum absolute atomic E-state index is 12.4. The minimum Gasteiger partial charge on any atom is -0.423 e. The minimum absolute atomic E-state index is 0.177. The molecule has 1 aromatic rings. The first-order valence-corrected chi connectivity index (χ1v) is 9.30. The van der Waals surface area contributed by atoms with Crippen LogP contribution in [0.2, 0.25) is 0 Å². The topological polar surface area (TPSA) is 126 Å². The third-order valence-electron chi connectivity index (χ3n) is 4.57. The molecule has 0 aromatic carbocycles. The van der Waals surface area contributed by atoms with Crippen LogP contribution in [0.15, 0.2) is 4.42 Å². The van der Waals surface area contributed by atoms with Gasteiger partial charge in [0, 0.05) is 12.5 Å². The van der Waals surface area contributed by atoms with E-state index in [2.05, 4.69) is 14.5 Å². The van der Waals surface area contributed by atoms with Crippen LogP contribution < -0.4 is 0 Å². The maximum Gasteiger partial charge on any atom is 0.418 e. The van der Waals surface area contributed by atoms with E-state index in [1.54, 1.807) is 0 Å². The van der Waals surface area contributed by atoms with Gasteiger partial charge in [-0.3, -0.25) is 4.55 Å². The number of carbonyl (C=O) groups is 1. The van der Waals surface area contributed by atoms with Crippen molar-refractivity contribution in [3.05, 3.63) is 11.8 Å². The van der Waals surface area contributed by atoms with Crippen LogP contribution in [0.4, 0.5) is 4.79 Å². The van der Waals surface area contributed by atoms with Gasteiger partial charge in [-0.25, -0.2) is 4.79 Å². The molecule has 11 heteroatoms. The molecule has 2 saturated heterocycles. The van der Waals surface area contributed by atoms with Crippen molar-refractivity contribution in [1.82, 2.24) is 20.2 Å². The fourth-order valence-corrected chi connectivity index (χ4v) is 3.66. The molecule has 3 rings (SSSR count). The van der Waals surface area contributed by atoms with Gasteiger partial charge < -0.3 is 9.32 Å². The predicted octanol–water partition coefficient (Wildman–Crippen LogP) is 1.65. The fraction of sp³-hybridized carbons (Fsp3) is 0.769. The lowest BCUT2D eigenvalue weighted by atomic mass is 10.0. The summed E-state index contributed by atoms with van der Waals surface area (Å²) in [7, 11) is -4.75. The molecule has 2 atom stereocenters. The number of nitrogens with zero attached hydrogens (tertiary/aromatic N) is 4. The average Bonchev–Trinajstić information content (AvgIpc) is 3.09. The number of hydrogen-bond acceptors (Lipinski definition) is 7. The quantitative estimate of drug-likeness (QED) is 0.759. The van der Waals surface area contributed by atoms with Crippen molar-refractivity contribution in [3.63, 3.8) is 0 Å². The second-order valence-electron chi connectivity index (χ2n) is 6.00. The molecule has 0 radical (unpaired) electrons. The molecule has 2 bridgehead atoms. The van der Waals surface area contributed by atoms with Gasteiger partial charge in [-0.2, -0.15) is 13.5 Å². The number of urea groups is 1. The SMILES string of the molecule is CCC(CC)c1nnc([C@@H]2CC[C@@H]3CN2C(=O)N3OS(=O)(=O)O)o1. The van der Waals surface area contributed by atoms with Gasteiger partial charge in [-0.15, -0.1) is 14.5 Å². The number of amides is 2. The Bertz CT molecular complexity index is 716. The van der Waals surface area contributed by atoms with Gasteiger partial charge in [0.15, 0.2) is 0 Å². The summed E-state index contributed by atoms with van der Waals surface area (Å²) in [6.45, 7) is 4.36. The third kappa shape index (κ3) is 3.10. The Morgan fingerprint density at radius 3 is 2.67 bits per heavy atom. The van der Waals surface area contributed by atoms with E-state index in [0.29, 0.717) is 29.7 Å². The average molecular weight is 360 g/mol. The lowest BCUT2D eigenvalue weighted by Crippen LogP contribution is -2.35. The van der Waals surface area contributed by atoms with Crippen molar-refractivity contribution >= 4 is 16.4 Å². The fourth-order valence-electron chi connectivity index (χ4n) is 3.27. The molecule has 2 aliphatic heterocycles. The second kappa shape index (κ2) is 6.30. The van der Waals surface area contributed by atoms with Crippen LogP contribution in [0.1, 0.15) is 63.3 Å². The monoisotopic (exact) mass is 360 g/mol. The zero-order chi connectivity index (χ0) is 17.5. The molecule has 1 aromatic heterocycles. The van der Waals surface area contributed by atoms with Crippen LogP contribution in [0.25, 0.3) is 0 Å². The van der Waals surface area contributed by atoms with Gasteiger partial charge in [-0.05, 0) is 25.7 Å². The number of carbonyl (C=O) groups excluding carboxylic acids is 1. The van der Waals surface area contributed by atoms with Gasteiger partial charge >= 0.3 is 16.4 Å². The summed E-state index contributed by atoms with van der Waals surface area (Å²) in [5, 5.41) is 8.86. The summed E-state index contributed by atoms with van der Waals surface area (Å²) in [5.74, 6) is 1.07. The van der Waals surface area contributed by atoms with Gasteiger partial charge in [0.05, 0.1) is 6.04 Å². The summed E-state index contributed by atoms with van der Waals surface area (Å²) in [6.07, 6.45) is 2.81. The summed E-state index contributed by atoms with van der Waals surface area (Å²) in [4.78, 5) is 13.8. The molecule has 134 valence electrons. The maximum atomic E-state index is 12.4. The molecule has 10 nitrogen and oxygen atoms in total. The summed E-state index contributed by atoms with van der Waals surface area (Å²) >= 11 is 0. The first kappa shape index (κ1) is 17.1. The van der Waals surface area contributed by atoms with Crippen molar-refractivity contribution < 1.29 is 26.5 Å². The molecule has 1 N–H and O–H groups in total. The van der Waals surface area contributed by atoms with E-state index in [4.69, 9.17) is 8.97 Å². The molecule has 2 amide bonds. The first-order valence-electron chi connectivity index (χ1n) is 7.94. The van der Waals surface area contributed by atoms with Crippen molar-refractivity contribution in [2.45, 2.75) is 57.5 Å². The second-order valence-corrected chi connectivity index (χ2v) is 7.01. The normalized spacial score (nSPS) is 24.2. The van der Waals surface area contributed by atoms with E-state index in [-0.39, 0.29) is 12.5 Å². The van der Waals surface area contributed by atoms with Crippen LogP contribution in [-0.2, 0) is 14.7 Å². The van der Waals surface area contributed by atoms with E-state index in [0.717, 1.165) is 12.8 Å². The van der Waals surface area contributed by atoms with E-state index in [9.17, 15) is 13.2 Å². The predicted molar refractivity (Wildman–Crippen MR) is 80.0 cm³/mol. The Kier molecular flexibility index (Phi) is 4.49. The highest BCUT2D eigenvalue weighted by molar-refractivity contribution is 7.80. The van der Waals surface area contributed by atoms with Gasteiger partial charge in [-0.1, -0.05) is 13.8 Å². The molecule has 2 fully saturated rings. The lowest BCUT2D eigenvalue weighted by Gasteiger charge is -2.27. The van der Waals surface area contributed by atoms with Crippen LogP contribution >= 0.6 is 0 Å². The number of hydroxylamine groups is 2. The number of piperidine rings is 1. The van der Waals surface area contributed by atoms with Crippen LogP contribution in [-0.4, -0.2) is 51.7 Å². The van der Waals surface area contributed by atoms with Crippen molar-refractivity contribution in [2.75, 3.05) is 6.54 Å². The van der Waals surface area contributed by atoms with Crippen LogP contribution in [0.3, 0.4) is 0 Å². The Morgan fingerprint density at radius 2 is 2.04 bits per heavy atom. The van der Waals surface area contributed by atoms with E-state index in [1.807, 2.05) is 13.8 Å². The minimum atomic E-state index is -4.75. The van der Waals surface area contributed by atoms with E-state index < -0.39 is 28.5 Å². The zero-order valence-electron chi connectivity index (χ0n) is 13.5. The molecule has 24 heavy (non-hydrogen) atoms. The van der Waals surface area contributed by atoms with Crippen LogP contribution in [0, 0.1) is 0 Å². The Balaban J connectivity index is 1.79. The molecule has 0 unspecified atom stereocenters. The molecule has 3 heterocycles. The molecule has 2 aliphatic rings. The van der Waals surface area contributed by atoms with Crippen molar-refractivity contribution in [3.8, 4) is 0 Å². The molecular weight excluding hydrogens is 340 g/mol. The number of hydrogen-bond donors (Lipinski definition) is 1. The zero-order valence-corrected chi connectivity index (χ0v) is 14.3. The first-order chi connectivity index (χ1) is 11.3. The molecule has 0 spiro atoms. The summed E-state index contributed by atoms with van der Waals surface area (Å²) in [5.41, 5.74) is 0.